The van der Waals surface area contributed by atoms with E-state index in [0.717, 1.165) is 31.2 Å². The molecule has 5 heteroatoms. The number of amides is 2. The molecule has 0 spiro atoms. The number of carbonyl (C=O) groups is 2. The highest BCUT2D eigenvalue weighted by atomic mass is 19.1. The molecule has 1 atom stereocenters. The first-order chi connectivity index (χ1) is 11.0. The van der Waals surface area contributed by atoms with Gasteiger partial charge in [-0.2, -0.15) is 0 Å². The van der Waals surface area contributed by atoms with Crippen LogP contribution in [-0.4, -0.2) is 29.8 Å². The summed E-state index contributed by atoms with van der Waals surface area (Å²) in [5, 5.41) is 3.00. The summed E-state index contributed by atoms with van der Waals surface area (Å²) in [6.07, 6.45) is 3.49. The lowest BCUT2D eigenvalue weighted by molar-refractivity contribution is -0.136. The van der Waals surface area contributed by atoms with Crippen molar-refractivity contribution in [3.8, 4) is 0 Å². The predicted octanol–water partition coefficient (Wildman–Crippen LogP) is 2.65. The fourth-order valence-corrected chi connectivity index (χ4v) is 3.12. The molecule has 2 fully saturated rings. The van der Waals surface area contributed by atoms with Gasteiger partial charge in [-0.15, -0.1) is 0 Å². The predicted molar refractivity (Wildman–Crippen MR) is 85.0 cm³/mol. The van der Waals surface area contributed by atoms with Crippen LogP contribution in [0.4, 0.5) is 4.39 Å². The van der Waals surface area contributed by atoms with Crippen molar-refractivity contribution in [2.75, 3.05) is 13.1 Å². The Labute approximate surface area is 136 Å². The zero-order valence-corrected chi connectivity index (χ0v) is 13.4. The van der Waals surface area contributed by atoms with Gasteiger partial charge >= 0.3 is 0 Å². The molecule has 2 amide bonds. The minimum absolute atomic E-state index is 0.0281. The number of nitrogens with one attached hydrogen (secondary N) is 1. The maximum Gasteiger partial charge on any atom is 0.225 e. The number of piperidine rings is 1. The fourth-order valence-electron chi connectivity index (χ4n) is 3.12. The van der Waals surface area contributed by atoms with Gasteiger partial charge in [-0.1, -0.05) is 12.1 Å². The van der Waals surface area contributed by atoms with Crippen LogP contribution in [0, 0.1) is 17.7 Å². The summed E-state index contributed by atoms with van der Waals surface area (Å²) in [6.45, 7) is 3.26. The summed E-state index contributed by atoms with van der Waals surface area (Å²) < 4.78 is 12.9. The SMILES string of the molecule is CC(NC(=O)C1CCN(C(=O)C2CC2)CC1)c1ccc(F)cc1. The van der Waals surface area contributed by atoms with Crippen LogP contribution in [0.25, 0.3) is 0 Å². The van der Waals surface area contributed by atoms with Crippen molar-refractivity contribution in [1.29, 1.82) is 0 Å². The van der Waals surface area contributed by atoms with Gasteiger partial charge < -0.3 is 10.2 Å². The molecule has 0 bridgehead atoms. The Morgan fingerprint density at radius 3 is 2.26 bits per heavy atom. The maximum atomic E-state index is 12.9. The van der Waals surface area contributed by atoms with Crippen molar-refractivity contribution in [2.24, 2.45) is 11.8 Å². The summed E-state index contributed by atoms with van der Waals surface area (Å²) in [4.78, 5) is 26.3. The zero-order chi connectivity index (χ0) is 16.4. The van der Waals surface area contributed by atoms with Gasteiger partial charge in [-0.25, -0.2) is 4.39 Å². The normalized spacial score (nSPS) is 20.2. The summed E-state index contributed by atoms with van der Waals surface area (Å²) in [7, 11) is 0. The number of nitrogens with zero attached hydrogens (tertiary/aromatic N) is 1. The van der Waals surface area contributed by atoms with E-state index in [1.54, 1.807) is 12.1 Å². The third kappa shape index (κ3) is 3.89. The molecule has 1 aromatic carbocycles. The summed E-state index contributed by atoms with van der Waals surface area (Å²) in [5.41, 5.74) is 0.890. The van der Waals surface area contributed by atoms with E-state index in [4.69, 9.17) is 0 Å². The van der Waals surface area contributed by atoms with Crippen molar-refractivity contribution in [3.63, 3.8) is 0 Å². The standard InChI is InChI=1S/C18H23FN2O2/c1-12(13-4-6-16(19)7-5-13)20-17(22)14-8-10-21(11-9-14)18(23)15-2-3-15/h4-7,12,14-15H,2-3,8-11H2,1H3,(H,20,22). The molecular formula is C18H23FN2O2. The van der Waals surface area contributed by atoms with Gasteiger partial charge in [0, 0.05) is 24.9 Å². The van der Waals surface area contributed by atoms with Gasteiger partial charge in [-0.3, -0.25) is 9.59 Å². The van der Waals surface area contributed by atoms with Crippen LogP contribution in [-0.2, 0) is 9.59 Å². The third-order valence-electron chi connectivity index (χ3n) is 4.83. The molecule has 0 radical (unpaired) electrons. The topological polar surface area (TPSA) is 49.4 Å². The Kier molecular flexibility index (Phi) is 4.64. The number of hydrogen-bond donors (Lipinski definition) is 1. The van der Waals surface area contributed by atoms with Crippen molar-refractivity contribution in [2.45, 2.75) is 38.6 Å². The van der Waals surface area contributed by atoms with Crippen LogP contribution in [0.1, 0.15) is 44.2 Å². The summed E-state index contributed by atoms with van der Waals surface area (Å²) in [5.74, 6) is 0.226. The molecule has 23 heavy (non-hydrogen) atoms. The molecule has 1 aliphatic heterocycles. The molecular weight excluding hydrogens is 295 g/mol. The lowest BCUT2D eigenvalue weighted by Crippen LogP contribution is -2.44. The second kappa shape index (κ2) is 6.69. The Hall–Kier alpha value is -1.91. The van der Waals surface area contributed by atoms with Gasteiger partial charge in [0.2, 0.25) is 11.8 Å². The van der Waals surface area contributed by atoms with E-state index >= 15 is 0 Å². The highest BCUT2D eigenvalue weighted by Crippen LogP contribution is 2.32. The number of hydrogen-bond acceptors (Lipinski definition) is 2. The Morgan fingerprint density at radius 1 is 1.09 bits per heavy atom. The second-order valence-corrected chi connectivity index (χ2v) is 6.66. The van der Waals surface area contributed by atoms with Crippen molar-refractivity contribution >= 4 is 11.8 Å². The number of halogens is 1. The second-order valence-electron chi connectivity index (χ2n) is 6.66. The highest BCUT2D eigenvalue weighted by molar-refractivity contribution is 5.82. The van der Waals surface area contributed by atoms with E-state index < -0.39 is 0 Å². The minimum Gasteiger partial charge on any atom is -0.349 e. The van der Waals surface area contributed by atoms with E-state index in [9.17, 15) is 14.0 Å². The lowest BCUT2D eigenvalue weighted by Gasteiger charge is -2.32. The number of rotatable bonds is 4. The third-order valence-corrected chi connectivity index (χ3v) is 4.83. The van der Waals surface area contributed by atoms with Crippen molar-refractivity contribution < 1.29 is 14.0 Å². The summed E-state index contributed by atoms with van der Waals surface area (Å²) in [6, 6.07) is 6.04. The molecule has 1 saturated heterocycles. The smallest absolute Gasteiger partial charge is 0.225 e. The summed E-state index contributed by atoms with van der Waals surface area (Å²) >= 11 is 0. The van der Waals surface area contributed by atoms with E-state index in [-0.39, 0.29) is 35.5 Å². The number of carbonyl (C=O) groups excluding carboxylic acids is 2. The molecule has 2 aliphatic rings. The van der Waals surface area contributed by atoms with Crippen LogP contribution < -0.4 is 5.32 Å². The van der Waals surface area contributed by atoms with Gasteiger partial charge in [0.05, 0.1) is 6.04 Å². The molecule has 1 unspecified atom stereocenters. The monoisotopic (exact) mass is 318 g/mol. The van der Waals surface area contributed by atoms with Crippen LogP contribution >= 0.6 is 0 Å². The average molecular weight is 318 g/mol. The fraction of sp³-hybridized carbons (Fsp3) is 0.556. The molecule has 0 aromatic heterocycles. The quantitative estimate of drug-likeness (QED) is 0.928. The molecule has 4 nitrogen and oxygen atoms in total. The van der Waals surface area contributed by atoms with Gasteiger partial charge in [0.1, 0.15) is 5.82 Å². The molecule has 1 saturated carbocycles. The molecule has 1 heterocycles. The van der Waals surface area contributed by atoms with E-state index in [1.165, 1.54) is 12.1 Å². The van der Waals surface area contributed by atoms with Gasteiger partial charge in [-0.05, 0) is 50.3 Å². The van der Waals surface area contributed by atoms with Gasteiger partial charge in [0.15, 0.2) is 0 Å². The largest absolute Gasteiger partial charge is 0.349 e. The Balaban J connectivity index is 1.49. The van der Waals surface area contributed by atoms with Crippen molar-refractivity contribution in [1.82, 2.24) is 10.2 Å². The molecule has 124 valence electrons. The van der Waals surface area contributed by atoms with E-state index in [1.807, 2.05) is 11.8 Å². The van der Waals surface area contributed by atoms with Crippen LogP contribution in [0.5, 0.6) is 0 Å². The molecule has 1 N–H and O–H groups in total. The Bertz CT molecular complexity index is 575. The first-order valence-corrected chi connectivity index (χ1v) is 8.39. The van der Waals surface area contributed by atoms with Crippen LogP contribution in [0.2, 0.25) is 0 Å². The lowest BCUT2D eigenvalue weighted by atomic mass is 9.95. The van der Waals surface area contributed by atoms with Crippen LogP contribution in [0.3, 0.4) is 0 Å². The first kappa shape index (κ1) is 16.0. The van der Waals surface area contributed by atoms with Gasteiger partial charge in [0.25, 0.3) is 0 Å². The molecule has 1 aromatic rings. The average Bonchev–Trinajstić information content (AvgIpc) is 3.40. The minimum atomic E-state index is -0.278. The number of benzene rings is 1. The Morgan fingerprint density at radius 2 is 1.70 bits per heavy atom. The molecule has 3 rings (SSSR count). The van der Waals surface area contributed by atoms with E-state index in [0.29, 0.717) is 13.1 Å². The number of likely N-dealkylation sites (tertiary alicyclic amines) is 1. The molecule has 1 aliphatic carbocycles. The van der Waals surface area contributed by atoms with Crippen molar-refractivity contribution in [3.05, 3.63) is 35.6 Å². The van der Waals surface area contributed by atoms with Crippen LogP contribution in [0.15, 0.2) is 24.3 Å². The first-order valence-electron chi connectivity index (χ1n) is 8.39. The highest BCUT2D eigenvalue weighted by Gasteiger charge is 2.36. The zero-order valence-electron chi connectivity index (χ0n) is 13.4. The maximum absolute atomic E-state index is 12.9. The van der Waals surface area contributed by atoms with E-state index in [2.05, 4.69) is 5.32 Å².